The van der Waals surface area contributed by atoms with E-state index >= 15 is 0 Å². The highest BCUT2D eigenvalue weighted by molar-refractivity contribution is 6.22. The van der Waals surface area contributed by atoms with E-state index in [-0.39, 0.29) is 48.1 Å². The molecule has 0 unspecified atom stereocenters. The molecule has 4 amide bonds. The quantitative estimate of drug-likeness (QED) is 0.605. The van der Waals surface area contributed by atoms with E-state index in [4.69, 9.17) is 4.74 Å². The fraction of sp³-hybridized carbons (Fsp3) is 0.429. The average Bonchev–Trinajstić information content (AvgIpc) is 2.96. The van der Waals surface area contributed by atoms with Crippen molar-refractivity contribution in [2.45, 2.75) is 38.8 Å². The fourth-order valence-electron chi connectivity index (χ4n) is 3.57. The molecule has 3 rings (SSSR count). The van der Waals surface area contributed by atoms with Crippen LogP contribution >= 0.6 is 0 Å². The van der Waals surface area contributed by atoms with Crippen LogP contribution in [-0.2, 0) is 4.74 Å². The van der Waals surface area contributed by atoms with Gasteiger partial charge < -0.3 is 15.0 Å². The van der Waals surface area contributed by atoms with Gasteiger partial charge in [0.15, 0.2) is 0 Å². The van der Waals surface area contributed by atoms with E-state index in [1.165, 1.54) is 23.1 Å². The number of likely N-dealkylation sites (tertiary alicyclic amines) is 1. The van der Waals surface area contributed by atoms with Gasteiger partial charge in [-0.15, -0.1) is 0 Å². The molecule has 2 heterocycles. The maximum absolute atomic E-state index is 12.6. The molecule has 0 aliphatic carbocycles. The summed E-state index contributed by atoms with van der Waals surface area (Å²) in [6.45, 7) is 8.20. The van der Waals surface area contributed by atoms with Gasteiger partial charge in [-0.2, -0.15) is 0 Å². The highest BCUT2D eigenvalue weighted by Gasteiger charge is 2.37. The van der Waals surface area contributed by atoms with Crippen molar-refractivity contribution in [2.24, 2.45) is 0 Å². The summed E-state index contributed by atoms with van der Waals surface area (Å²) in [7, 11) is 0. The zero-order valence-electron chi connectivity index (χ0n) is 16.6. The summed E-state index contributed by atoms with van der Waals surface area (Å²) in [5.74, 6) is -1.01. The number of nitrogens with one attached hydrogen (secondary N) is 1. The molecule has 2 aliphatic heterocycles. The number of piperidine rings is 1. The first-order chi connectivity index (χ1) is 13.8. The van der Waals surface area contributed by atoms with Crippen molar-refractivity contribution >= 4 is 23.8 Å². The second kappa shape index (κ2) is 8.46. The van der Waals surface area contributed by atoms with Crippen LogP contribution in [0.2, 0.25) is 0 Å². The molecule has 0 radical (unpaired) electrons. The van der Waals surface area contributed by atoms with Crippen LogP contribution in [0, 0.1) is 0 Å². The molecule has 8 nitrogen and oxygen atoms in total. The van der Waals surface area contributed by atoms with E-state index in [0.717, 1.165) is 0 Å². The lowest BCUT2D eigenvalue weighted by molar-refractivity contribution is 0.0608. The number of rotatable bonds is 5. The van der Waals surface area contributed by atoms with Gasteiger partial charge in [0.05, 0.1) is 11.1 Å². The van der Waals surface area contributed by atoms with Crippen molar-refractivity contribution in [3.63, 3.8) is 0 Å². The van der Waals surface area contributed by atoms with Crippen LogP contribution in [0.3, 0.4) is 0 Å². The second-order valence-electron chi connectivity index (χ2n) is 7.43. The summed E-state index contributed by atoms with van der Waals surface area (Å²) >= 11 is 0. The van der Waals surface area contributed by atoms with Crippen LogP contribution in [0.15, 0.2) is 30.9 Å². The van der Waals surface area contributed by atoms with E-state index < -0.39 is 0 Å². The Morgan fingerprint density at radius 3 is 2.48 bits per heavy atom. The Kier molecular flexibility index (Phi) is 6.00. The number of imide groups is 1. The van der Waals surface area contributed by atoms with Gasteiger partial charge in [0.25, 0.3) is 17.7 Å². The molecular formula is C21H25N3O5. The molecule has 1 aromatic rings. The SMILES string of the molecule is C=CCOC(=O)N1CCC(NC(=O)c2ccc3c(c2)C(=O)N(C(C)C)C3=O)CC1. The average molecular weight is 399 g/mol. The van der Waals surface area contributed by atoms with E-state index in [9.17, 15) is 19.2 Å². The molecule has 1 N–H and O–H groups in total. The Labute approximate surface area is 169 Å². The van der Waals surface area contributed by atoms with Gasteiger partial charge in [-0.05, 0) is 44.9 Å². The highest BCUT2D eigenvalue weighted by Crippen LogP contribution is 2.26. The summed E-state index contributed by atoms with van der Waals surface area (Å²) in [5, 5.41) is 2.95. The van der Waals surface area contributed by atoms with Crippen molar-refractivity contribution in [1.82, 2.24) is 15.1 Å². The molecule has 0 saturated carbocycles. The normalized spacial score (nSPS) is 16.8. The molecule has 1 fully saturated rings. The van der Waals surface area contributed by atoms with Crippen molar-refractivity contribution in [3.05, 3.63) is 47.5 Å². The number of amides is 4. The number of benzene rings is 1. The predicted molar refractivity (Wildman–Crippen MR) is 106 cm³/mol. The molecule has 1 saturated heterocycles. The summed E-state index contributed by atoms with van der Waals surface area (Å²) in [5.41, 5.74) is 0.922. The molecule has 29 heavy (non-hydrogen) atoms. The lowest BCUT2D eigenvalue weighted by Crippen LogP contribution is -2.46. The van der Waals surface area contributed by atoms with Crippen molar-refractivity contribution in [3.8, 4) is 0 Å². The topological polar surface area (TPSA) is 96.0 Å². The number of hydrogen-bond donors (Lipinski definition) is 1. The van der Waals surface area contributed by atoms with Crippen LogP contribution < -0.4 is 5.32 Å². The fourth-order valence-corrected chi connectivity index (χ4v) is 3.57. The number of carbonyl (C=O) groups excluding carboxylic acids is 4. The van der Waals surface area contributed by atoms with Gasteiger partial charge in [-0.1, -0.05) is 12.7 Å². The van der Waals surface area contributed by atoms with Gasteiger partial charge in [0.1, 0.15) is 6.61 Å². The van der Waals surface area contributed by atoms with E-state index in [1.54, 1.807) is 24.8 Å². The Bertz CT molecular complexity index is 856. The predicted octanol–water partition coefficient (Wildman–Crippen LogP) is 2.21. The maximum Gasteiger partial charge on any atom is 0.410 e. The first kappa shape index (κ1) is 20.6. The van der Waals surface area contributed by atoms with Gasteiger partial charge in [0.2, 0.25) is 0 Å². The van der Waals surface area contributed by atoms with Crippen molar-refractivity contribution in [1.29, 1.82) is 0 Å². The molecule has 0 spiro atoms. The molecule has 1 aromatic carbocycles. The number of nitrogens with zero attached hydrogens (tertiary/aromatic N) is 2. The van der Waals surface area contributed by atoms with E-state index in [2.05, 4.69) is 11.9 Å². The third-order valence-corrected chi connectivity index (χ3v) is 5.11. The molecule has 2 aliphatic rings. The first-order valence-corrected chi connectivity index (χ1v) is 9.69. The molecule has 0 atom stereocenters. The minimum Gasteiger partial charge on any atom is -0.445 e. The lowest BCUT2D eigenvalue weighted by atomic mass is 10.0. The molecule has 0 aromatic heterocycles. The Morgan fingerprint density at radius 1 is 1.21 bits per heavy atom. The van der Waals surface area contributed by atoms with Crippen LogP contribution in [-0.4, -0.2) is 65.4 Å². The smallest absolute Gasteiger partial charge is 0.410 e. The summed E-state index contributed by atoms with van der Waals surface area (Å²) < 4.78 is 5.02. The van der Waals surface area contributed by atoms with E-state index in [1.807, 2.05) is 0 Å². The minimum absolute atomic E-state index is 0.0799. The largest absolute Gasteiger partial charge is 0.445 e. The second-order valence-corrected chi connectivity index (χ2v) is 7.43. The molecule has 154 valence electrons. The Hall–Kier alpha value is -3.16. The highest BCUT2D eigenvalue weighted by atomic mass is 16.6. The van der Waals surface area contributed by atoms with Crippen molar-refractivity contribution in [2.75, 3.05) is 19.7 Å². The monoisotopic (exact) mass is 399 g/mol. The standard InChI is InChI=1S/C21H25N3O5/c1-4-11-29-21(28)23-9-7-15(8-10-23)22-18(25)14-5-6-16-17(12-14)20(27)24(13(2)3)19(16)26/h4-6,12-13,15H,1,7-11H2,2-3H3,(H,22,25). The van der Waals surface area contributed by atoms with Crippen LogP contribution in [0.5, 0.6) is 0 Å². The van der Waals surface area contributed by atoms with Gasteiger partial charge >= 0.3 is 6.09 Å². The maximum atomic E-state index is 12.6. The van der Waals surface area contributed by atoms with Gasteiger partial charge in [-0.3, -0.25) is 19.3 Å². The third kappa shape index (κ3) is 4.16. The van der Waals surface area contributed by atoms with Crippen LogP contribution in [0.25, 0.3) is 0 Å². The van der Waals surface area contributed by atoms with Gasteiger partial charge in [0, 0.05) is 30.7 Å². The summed E-state index contributed by atoms with van der Waals surface area (Å²) in [4.78, 5) is 52.2. The lowest BCUT2D eigenvalue weighted by Gasteiger charge is -2.31. The zero-order chi connectivity index (χ0) is 21.1. The Morgan fingerprint density at radius 2 is 1.86 bits per heavy atom. The van der Waals surface area contributed by atoms with E-state index in [0.29, 0.717) is 37.1 Å². The number of fused-ring (bicyclic) bond motifs is 1. The molecule has 8 heteroatoms. The third-order valence-electron chi connectivity index (χ3n) is 5.11. The number of hydrogen-bond acceptors (Lipinski definition) is 5. The van der Waals surface area contributed by atoms with Crippen molar-refractivity contribution < 1.29 is 23.9 Å². The Balaban J connectivity index is 1.61. The molecule has 0 bridgehead atoms. The number of carbonyl (C=O) groups is 4. The molecular weight excluding hydrogens is 374 g/mol. The minimum atomic E-state index is -0.383. The summed E-state index contributed by atoms with van der Waals surface area (Å²) in [6, 6.07) is 4.25. The first-order valence-electron chi connectivity index (χ1n) is 9.69. The number of ether oxygens (including phenoxy) is 1. The van der Waals surface area contributed by atoms with Crippen LogP contribution in [0.1, 0.15) is 57.8 Å². The van der Waals surface area contributed by atoms with Gasteiger partial charge in [-0.25, -0.2) is 4.79 Å². The summed E-state index contributed by atoms with van der Waals surface area (Å²) in [6.07, 6.45) is 2.35. The zero-order valence-corrected chi connectivity index (χ0v) is 16.6. The van der Waals surface area contributed by atoms with Crippen LogP contribution in [0.4, 0.5) is 4.79 Å².